The minimum atomic E-state index is -4.72. The maximum absolute atomic E-state index is 10.5. The van der Waals surface area contributed by atoms with Crippen LogP contribution in [-0.2, 0) is 14.6 Å². The Morgan fingerprint density at radius 3 is 2.39 bits per heavy atom. The highest BCUT2D eigenvalue weighted by molar-refractivity contribution is 7.80. The highest BCUT2D eigenvalue weighted by atomic mass is 32.3. The van der Waals surface area contributed by atoms with Crippen LogP contribution in [0.5, 0.6) is 0 Å². The molecule has 0 saturated carbocycles. The molecule has 100 valence electrons. The van der Waals surface area contributed by atoms with Gasteiger partial charge in [0.1, 0.15) is 12.2 Å². The lowest BCUT2D eigenvalue weighted by molar-refractivity contribution is 0.0235. The predicted molar refractivity (Wildman–Crippen MR) is 65.0 cm³/mol. The first-order chi connectivity index (χ1) is 8.42. The number of aliphatic hydroxyl groups excluding tert-OH is 2. The lowest BCUT2D eigenvalue weighted by Gasteiger charge is -2.16. The summed E-state index contributed by atoms with van der Waals surface area (Å²) >= 11 is 0. The zero-order valence-corrected chi connectivity index (χ0v) is 10.2. The minimum absolute atomic E-state index is 0.750. The molecule has 1 rings (SSSR count). The van der Waals surface area contributed by atoms with Crippen LogP contribution in [0.25, 0.3) is 6.08 Å². The molecule has 0 aliphatic heterocycles. The number of rotatable bonds is 6. The van der Waals surface area contributed by atoms with Crippen molar-refractivity contribution in [3.05, 3.63) is 42.0 Å². The third kappa shape index (κ3) is 5.39. The van der Waals surface area contributed by atoms with Gasteiger partial charge in [-0.25, -0.2) is 4.18 Å². The van der Waals surface area contributed by atoms with E-state index in [2.05, 4.69) is 4.18 Å². The van der Waals surface area contributed by atoms with E-state index >= 15 is 0 Å². The van der Waals surface area contributed by atoms with Gasteiger partial charge in [-0.15, -0.1) is 0 Å². The Morgan fingerprint density at radius 1 is 1.28 bits per heavy atom. The fraction of sp³-hybridized carbons (Fsp3) is 0.273. The zero-order chi connectivity index (χ0) is 13.6. The molecule has 0 radical (unpaired) electrons. The van der Waals surface area contributed by atoms with Crippen molar-refractivity contribution in [2.75, 3.05) is 6.61 Å². The number of benzene rings is 1. The average Bonchev–Trinajstić information content (AvgIpc) is 2.33. The summed E-state index contributed by atoms with van der Waals surface area (Å²) in [5.74, 6) is 0. The van der Waals surface area contributed by atoms with Gasteiger partial charge in [0.25, 0.3) is 0 Å². The first-order valence-corrected chi connectivity index (χ1v) is 6.47. The van der Waals surface area contributed by atoms with E-state index in [9.17, 15) is 13.5 Å². The van der Waals surface area contributed by atoms with E-state index in [-0.39, 0.29) is 0 Å². The molecule has 0 heterocycles. The van der Waals surface area contributed by atoms with Gasteiger partial charge in [-0.05, 0) is 5.56 Å². The second-order valence-electron chi connectivity index (χ2n) is 3.51. The molecule has 18 heavy (non-hydrogen) atoms. The molecular weight excluding hydrogens is 260 g/mol. The van der Waals surface area contributed by atoms with Gasteiger partial charge in [0.05, 0.1) is 6.61 Å². The van der Waals surface area contributed by atoms with Crippen molar-refractivity contribution < 1.29 is 27.4 Å². The molecule has 1 aromatic carbocycles. The third-order valence-electron chi connectivity index (χ3n) is 2.09. The van der Waals surface area contributed by atoms with Gasteiger partial charge in [0, 0.05) is 0 Å². The van der Waals surface area contributed by atoms with Crippen molar-refractivity contribution in [3.8, 4) is 0 Å². The maximum Gasteiger partial charge on any atom is 0.397 e. The molecule has 0 unspecified atom stereocenters. The molecule has 0 amide bonds. The van der Waals surface area contributed by atoms with Crippen molar-refractivity contribution in [2.24, 2.45) is 0 Å². The van der Waals surface area contributed by atoms with E-state index in [1.807, 2.05) is 6.07 Å². The van der Waals surface area contributed by atoms with Gasteiger partial charge in [-0.2, -0.15) is 8.42 Å². The Balaban J connectivity index is 2.68. The Labute approximate surface area is 105 Å². The van der Waals surface area contributed by atoms with Gasteiger partial charge >= 0.3 is 10.4 Å². The van der Waals surface area contributed by atoms with Crippen molar-refractivity contribution >= 4 is 16.5 Å². The molecule has 0 aromatic heterocycles. The SMILES string of the molecule is O=S(=O)(O)O[C@H](CO)[C@@H](O)C=Cc1ccccc1. The summed E-state index contributed by atoms with van der Waals surface area (Å²) in [4.78, 5) is 0. The van der Waals surface area contributed by atoms with E-state index in [1.54, 1.807) is 30.3 Å². The molecule has 0 fully saturated rings. The van der Waals surface area contributed by atoms with Gasteiger partial charge in [-0.1, -0.05) is 42.5 Å². The molecule has 0 bridgehead atoms. The molecule has 3 N–H and O–H groups in total. The fourth-order valence-corrected chi connectivity index (χ4v) is 1.74. The summed E-state index contributed by atoms with van der Waals surface area (Å²) in [6.45, 7) is -0.750. The number of hydrogen-bond donors (Lipinski definition) is 3. The van der Waals surface area contributed by atoms with Crippen LogP contribution in [-0.4, -0.2) is 42.0 Å². The van der Waals surface area contributed by atoms with Crippen LogP contribution < -0.4 is 0 Å². The van der Waals surface area contributed by atoms with E-state index in [4.69, 9.17) is 9.66 Å². The topological polar surface area (TPSA) is 104 Å². The van der Waals surface area contributed by atoms with E-state index in [1.165, 1.54) is 6.08 Å². The van der Waals surface area contributed by atoms with Crippen LogP contribution in [0.2, 0.25) is 0 Å². The van der Waals surface area contributed by atoms with E-state index in [0.29, 0.717) is 0 Å². The summed E-state index contributed by atoms with van der Waals surface area (Å²) < 4.78 is 33.5. The fourth-order valence-electron chi connectivity index (χ4n) is 1.25. The predicted octanol–water partition coefficient (Wildman–Crippen LogP) is 0.241. The van der Waals surface area contributed by atoms with E-state index in [0.717, 1.165) is 5.56 Å². The van der Waals surface area contributed by atoms with Crippen LogP contribution in [0.15, 0.2) is 36.4 Å². The smallest absolute Gasteiger partial charge is 0.394 e. The monoisotopic (exact) mass is 274 g/mol. The van der Waals surface area contributed by atoms with Gasteiger partial charge in [0.2, 0.25) is 0 Å². The largest absolute Gasteiger partial charge is 0.397 e. The van der Waals surface area contributed by atoms with Gasteiger partial charge in [-0.3, -0.25) is 4.55 Å². The van der Waals surface area contributed by atoms with Gasteiger partial charge < -0.3 is 10.2 Å². The van der Waals surface area contributed by atoms with E-state index < -0.39 is 29.2 Å². The standard InChI is InChI=1S/C11H14O6S/c12-8-11(17-18(14,15)16)10(13)7-6-9-4-2-1-3-5-9/h1-7,10-13H,8H2,(H,14,15,16)/t10-,11+/m0/s1. The van der Waals surface area contributed by atoms with Crippen LogP contribution in [0.1, 0.15) is 5.56 Å². The van der Waals surface area contributed by atoms with Crippen molar-refractivity contribution in [1.29, 1.82) is 0 Å². The van der Waals surface area contributed by atoms with Crippen molar-refractivity contribution in [3.63, 3.8) is 0 Å². The van der Waals surface area contributed by atoms with Crippen LogP contribution in [0.4, 0.5) is 0 Å². The summed E-state index contributed by atoms with van der Waals surface area (Å²) in [6, 6.07) is 8.97. The Bertz CT molecular complexity index is 482. The normalized spacial score (nSPS) is 15.7. The Kier molecular flexibility index (Phi) is 5.45. The molecule has 0 saturated heterocycles. The summed E-state index contributed by atoms with van der Waals surface area (Å²) in [5.41, 5.74) is 0.792. The molecule has 7 heteroatoms. The zero-order valence-electron chi connectivity index (χ0n) is 9.38. The third-order valence-corrected chi connectivity index (χ3v) is 2.58. The van der Waals surface area contributed by atoms with Crippen LogP contribution >= 0.6 is 0 Å². The number of hydrogen-bond acceptors (Lipinski definition) is 5. The van der Waals surface area contributed by atoms with Crippen LogP contribution in [0, 0.1) is 0 Å². The quantitative estimate of drug-likeness (QED) is 0.642. The van der Waals surface area contributed by atoms with Crippen LogP contribution in [0.3, 0.4) is 0 Å². The number of aliphatic hydroxyl groups is 2. The Morgan fingerprint density at radius 2 is 1.89 bits per heavy atom. The highest BCUT2D eigenvalue weighted by Gasteiger charge is 2.22. The molecule has 1 aromatic rings. The molecule has 6 nitrogen and oxygen atoms in total. The molecule has 0 spiro atoms. The molecule has 0 aliphatic carbocycles. The second-order valence-corrected chi connectivity index (χ2v) is 4.55. The lowest BCUT2D eigenvalue weighted by atomic mass is 10.1. The summed E-state index contributed by atoms with van der Waals surface area (Å²) in [5, 5.41) is 18.4. The maximum atomic E-state index is 10.5. The summed E-state index contributed by atoms with van der Waals surface area (Å²) in [7, 11) is -4.72. The Hall–Kier alpha value is -1.25. The average molecular weight is 274 g/mol. The first kappa shape index (κ1) is 14.8. The molecule has 0 aliphatic rings. The molecular formula is C11H14O6S. The van der Waals surface area contributed by atoms with Crippen molar-refractivity contribution in [2.45, 2.75) is 12.2 Å². The highest BCUT2D eigenvalue weighted by Crippen LogP contribution is 2.08. The van der Waals surface area contributed by atoms with Crippen molar-refractivity contribution in [1.82, 2.24) is 0 Å². The second kappa shape index (κ2) is 6.62. The lowest BCUT2D eigenvalue weighted by Crippen LogP contribution is -2.33. The van der Waals surface area contributed by atoms with Gasteiger partial charge in [0.15, 0.2) is 0 Å². The molecule has 2 atom stereocenters. The summed E-state index contributed by atoms with van der Waals surface area (Å²) in [6.07, 6.45) is -0.000628. The minimum Gasteiger partial charge on any atom is -0.394 e. The first-order valence-electron chi connectivity index (χ1n) is 5.10.